The zero-order valence-corrected chi connectivity index (χ0v) is 12.9. The minimum Gasteiger partial charge on any atom is -0.393 e. The maximum absolute atomic E-state index is 13.3. The van der Waals surface area contributed by atoms with Crippen LogP contribution in [-0.2, 0) is 12.8 Å². The van der Waals surface area contributed by atoms with Gasteiger partial charge >= 0.3 is 0 Å². The third kappa shape index (κ3) is 4.41. The van der Waals surface area contributed by atoms with Gasteiger partial charge in [0.05, 0.1) is 10.6 Å². The van der Waals surface area contributed by atoms with Gasteiger partial charge in [0.15, 0.2) is 0 Å². The summed E-state index contributed by atoms with van der Waals surface area (Å²) in [6.07, 6.45) is 2.76. The number of hydrogen-bond acceptors (Lipinski definition) is 2. The van der Waals surface area contributed by atoms with Gasteiger partial charge < -0.3 is 5.11 Å². The Morgan fingerprint density at radius 3 is 2.84 bits per heavy atom. The first kappa shape index (κ1) is 14.7. The Hall–Kier alpha value is -0.710. The fourth-order valence-electron chi connectivity index (χ4n) is 2.03. The van der Waals surface area contributed by atoms with E-state index >= 15 is 0 Å². The predicted molar refractivity (Wildman–Crippen MR) is 81.1 cm³/mol. The topological polar surface area (TPSA) is 20.2 Å². The molecule has 1 aromatic carbocycles. The van der Waals surface area contributed by atoms with Gasteiger partial charge in [0.2, 0.25) is 0 Å². The van der Waals surface area contributed by atoms with E-state index in [9.17, 15) is 9.50 Å². The Morgan fingerprint density at radius 1 is 1.26 bits per heavy atom. The average Bonchev–Trinajstić information content (AvgIpc) is 2.88. The second-order valence-corrected chi connectivity index (χ2v) is 6.37. The molecule has 0 bridgehead atoms. The van der Waals surface area contributed by atoms with Crippen LogP contribution in [0.2, 0.25) is 0 Å². The van der Waals surface area contributed by atoms with Crippen LogP contribution in [0.25, 0.3) is 0 Å². The first-order valence-electron chi connectivity index (χ1n) is 6.30. The SMILES string of the molecule is OC(CCCc1cccs1)Cc1cccc(F)c1Br. The zero-order chi connectivity index (χ0) is 13.7. The van der Waals surface area contributed by atoms with Gasteiger partial charge in [0.1, 0.15) is 5.82 Å². The molecule has 0 fully saturated rings. The Bertz CT molecular complexity index is 513. The highest BCUT2D eigenvalue weighted by Crippen LogP contribution is 2.22. The molecule has 0 spiro atoms. The summed E-state index contributed by atoms with van der Waals surface area (Å²) in [5.41, 5.74) is 0.823. The quantitative estimate of drug-likeness (QED) is 0.814. The minimum atomic E-state index is -0.418. The van der Waals surface area contributed by atoms with Crippen molar-refractivity contribution in [3.63, 3.8) is 0 Å². The highest BCUT2D eigenvalue weighted by Gasteiger charge is 2.10. The summed E-state index contributed by atoms with van der Waals surface area (Å²) in [5, 5.41) is 12.1. The molecular weight excluding hydrogens is 327 g/mol. The monoisotopic (exact) mass is 342 g/mol. The molecule has 0 aliphatic rings. The van der Waals surface area contributed by atoms with Crippen molar-refractivity contribution in [3.05, 3.63) is 56.4 Å². The normalized spacial score (nSPS) is 12.6. The Labute approximate surface area is 125 Å². The van der Waals surface area contributed by atoms with E-state index in [1.807, 2.05) is 12.1 Å². The first-order chi connectivity index (χ1) is 9.16. The summed E-state index contributed by atoms with van der Waals surface area (Å²) in [6.45, 7) is 0. The number of aliphatic hydroxyl groups is 1. The number of thiophene rings is 1. The summed E-state index contributed by atoms with van der Waals surface area (Å²) in [6, 6.07) is 9.08. The predicted octanol–water partition coefficient (Wildman–Crippen LogP) is 4.58. The molecule has 1 heterocycles. The largest absolute Gasteiger partial charge is 0.393 e. The fraction of sp³-hybridized carbons (Fsp3) is 0.333. The third-order valence-corrected chi connectivity index (χ3v) is 4.85. The Morgan fingerprint density at radius 2 is 2.11 bits per heavy atom. The van der Waals surface area contributed by atoms with Crippen molar-refractivity contribution in [1.82, 2.24) is 0 Å². The van der Waals surface area contributed by atoms with Gasteiger partial charge in [-0.15, -0.1) is 11.3 Å². The molecule has 0 amide bonds. The Kier molecular flexibility index (Phi) is 5.55. The lowest BCUT2D eigenvalue weighted by Crippen LogP contribution is -2.11. The van der Waals surface area contributed by atoms with Gasteiger partial charge in [0.25, 0.3) is 0 Å². The van der Waals surface area contributed by atoms with Crippen LogP contribution in [0.15, 0.2) is 40.2 Å². The maximum atomic E-state index is 13.3. The number of halogens is 2. The summed E-state index contributed by atoms with van der Waals surface area (Å²) >= 11 is 4.97. The molecule has 1 atom stereocenters. The van der Waals surface area contributed by atoms with Crippen molar-refractivity contribution in [3.8, 4) is 0 Å². The van der Waals surface area contributed by atoms with Crippen molar-refractivity contribution in [2.24, 2.45) is 0 Å². The molecule has 0 radical (unpaired) electrons. The van der Waals surface area contributed by atoms with E-state index in [1.54, 1.807) is 17.4 Å². The lowest BCUT2D eigenvalue weighted by atomic mass is 10.0. The maximum Gasteiger partial charge on any atom is 0.137 e. The molecule has 0 saturated heterocycles. The van der Waals surface area contributed by atoms with Crippen LogP contribution in [0.4, 0.5) is 4.39 Å². The molecular formula is C15H16BrFOS. The lowest BCUT2D eigenvalue weighted by Gasteiger charge is -2.12. The van der Waals surface area contributed by atoms with E-state index in [4.69, 9.17) is 0 Å². The van der Waals surface area contributed by atoms with E-state index in [-0.39, 0.29) is 5.82 Å². The van der Waals surface area contributed by atoms with Crippen molar-refractivity contribution in [2.75, 3.05) is 0 Å². The summed E-state index contributed by atoms with van der Waals surface area (Å²) in [4.78, 5) is 1.35. The molecule has 1 aromatic heterocycles. The number of hydrogen-bond donors (Lipinski definition) is 1. The highest BCUT2D eigenvalue weighted by molar-refractivity contribution is 9.10. The van der Waals surface area contributed by atoms with Gasteiger partial charge in [-0.25, -0.2) is 4.39 Å². The first-order valence-corrected chi connectivity index (χ1v) is 7.97. The van der Waals surface area contributed by atoms with Crippen molar-refractivity contribution >= 4 is 27.3 Å². The second-order valence-electron chi connectivity index (χ2n) is 4.54. The summed E-state index contributed by atoms with van der Waals surface area (Å²) in [7, 11) is 0. The summed E-state index contributed by atoms with van der Waals surface area (Å²) in [5.74, 6) is -0.275. The van der Waals surface area contributed by atoms with Gasteiger partial charge in [-0.3, -0.25) is 0 Å². The van der Waals surface area contributed by atoms with E-state index in [1.165, 1.54) is 10.9 Å². The van der Waals surface area contributed by atoms with Crippen molar-refractivity contribution in [2.45, 2.75) is 31.8 Å². The molecule has 0 saturated carbocycles. The van der Waals surface area contributed by atoms with Crippen LogP contribution in [0.3, 0.4) is 0 Å². The number of aryl methyl sites for hydroxylation is 1. The number of aliphatic hydroxyl groups excluding tert-OH is 1. The second kappa shape index (κ2) is 7.17. The van der Waals surface area contributed by atoms with Crippen molar-refractivity contribution in [1.29, 1.82) is 0 Å². The average molecular weight is 343 g/mol. The molecule has 102 valence electrons. The Balaban J connectivity index is 1.80. The van der Waals surface area contributed by atoms with Gasteiger partial charge in [-0.2, -0.15) is 0 Å². The molecule has 4 heteroatoms. The molecule has 1 nitrogen and oxygen atoms in total. The van der Waals surface area contributed by atoms with Crippen LogP contribution < -0.4 is 0 Å². The molecule has 2 rings (SSSR count). The van der Waals surface area contributed by atoms with Crippen LogP contribution in [-0.4, -0.2) is 11.2 Å². The van der Waals surface area contributed by atoms with Gasteiger partial charge in [-0.1, -0.05) is 18.2 Å². The van der Waals surface area contributed by atoms with Gasteiger partial charge in [0, 0.05) is 4.88 Å². The lowest BCUT2D eigenvalue weighted by molar-refractivity contribution is 0.162. The number of benzene rings is 1. The van der Waals surface area contributed by atoms with Gasteiger partial charge in [-0.05, 0) is 64.7 Å². The molecule has 2 aromatic rings. The minimum absolute atomic E-state index is 0.275. The van der Waals surface area contributed by atoms with Crippen LogP contribution in [0.1, 0.15) is 23.3 Å². The molecule has 0 aliphatic carbocycles. The van der Waals surface area contributed by atoms with Crippen molar-refractivity contribution < 1.29 is 9.50 Å². The van der Waals surface area contributed by atoms with Crippen LogP contribution >= 0.6 is 27.3 Å². The van der Waals surface area contributed by atoms with Crippen LogP contribution in [0, 0.1) is 5.82 Å². The van der Waals surface area contributed by atoms with Crippen LogP contribution in [0.5, 0.6) is 0 Å². The van der Waals surface area contributed by atoms with E-state index < -0.39 is 6.10 Å². The fourth-order valence-corrected chi connectivity index (χ4v) is 3.21. The standard InChI is InChI=1S/C15H16BrFOS/c16-15-11(4-1-8-14(15)17)10-12(18)5-2-6-13-7-3-9-19-13/h1,3-4,7-9,12,18H,2,5-6,10H2. The third-order valence-electron chi connectivity index (χ3n) is 3.03. The highest BCUT2D eigenvalue weighted by atomic mass is 79.9. The smallest absolute Gasteiger partial charge is 0.137 e. The zero-order valence-electron chi connectivity index (χ0n) is 10.5. The van der Waals surface area contributed by atoms with E-state index in [2.05, 4.69) is 27.4 Å². The molecule has 1 unspecified atom stereocenters. The molecule has 1 N–H and O–H groups in total. The van der Waals surface area contributed by atoms with E-state index in [0.29, 0.717) is 10.9 Å². The van der Waals surface area contributed by atoms with E-state index in [0.717, 1.165) is 24.8 Å². The number of rotatable bonds is 6. The molecule has 0 aliphatic heterocycles. The molecule has 19 heavy (non-hydrogen) atoms. The summed E-state index contributed by atoms with van der Waals surface area (Å²) < 4.78 is 13.8.